The van der Waals surface area contributed by atoms with Crippen molar-refractivity contribution in [1.82, 2.24) is 15.5 Å². The van der Waals surface area contributed by atoms with E-state index in [4.69, 9.17) is 0 Å². The summed E-state index contributed by atoms with van der Waals surface area (Å²) < 4.78 is 23.7. The summed E-state index contributed by atoms with van der Waals surface area (Å²) in [6.45, 7) is 9.91. The number of hydrogen-bond acceptors (Lipinski definition) is 4. The van der Waals surface area contributed by atoms with Crippen LogP contribution in [0.25, 0.3) is 0 Å². The van der Waals surface area contributed by atoms with Crippen LogP contribution in [0, 0.1) is 0 Å². The number of nitrogens with zero attached hydrogens (tertiary/aromatic N) is 2. The molecule has 0 aliphatic carbocycles. The van der Waals surface area contributed by atoms with E-state index < -0.39 is 14.6 Å². The van der Waals surface area contributed by atoms with Gasteiger partial charge in [-0.1, -0.05) is 12.1 Å². The normalized spacial score (nSPS) is 18.1. The third-order valence-corrected chi connectivity index (χ3v) is 7.15. The summed E-state index contributed by atoms with van der Waals surface area (Å²) in [5.74, 6) is 0.721. The van der Waals surface area contributed by atoms with Crippen LogP contribution in [0.15, 0.2) is 29.3 Å². The lowest BCUT2D eigenvalue weighted by Gasteiger charge is -2.39. The zero-order valence-electron chi connectivity index (χ0n) is 17.0. The van der Waals surface area contributed by atoms with Crippen LogP contribution in [0.4, 0.5) is 0 Å². The summed E-state index contributed by atoms with van der Waals surface area (Å²) in [4.78, 5) is 18.7. The number of carbonyl (C=O) groups is 1. The van der Waals surface area contributed by atoms with Crippen molar-refractivity contribution in [3.8, 4) is 0 Å². The molecule has 1 aromatic carbocycles. The number of carbonyl (C=O) groups excluding carboxylic acids is 1. The molecular weight excluding hydrogens is 491 g/mol. The highest BCUT2D eigenvalue weighted by molar-refractivity contribution is 14.0. The molecule has 2 N–H and O–H groups in total. The molecule has 0 aromatic heterocycles. The molecule has 0 atom stereocenters. The molecule has 9 heteroatoms. The molecule has 1 amide bonds. The van der Waals surface area contributed by atoms with E-state index in [0.29, 0.717) is 44.2 Å². The molecule has 0 radical (unpaired) electrons. The molecule has 1 heterocycles. The first-order valence-electron chi connectivity index (χ1n) is 9.33. The fraction of sp³-hybridized carbons (Fsp3) is 0.579. The fourth-order valence-electron chi connectivity index (χ4n) is 2.99. The van der Waals surface area contributed by atoms with Gasteiger partial charge in [0.2, 0.25) is 0 Å². The number of amides is 1. The maximum atomic E-state index is 12.2. The lowest BCUT2D eigenvalue weighted by atomic mass is 10.1. The largest absolute Gasteiger partial charge is 0.357 e. The Morgan fingerprint density at radius 2 is 1.89 bits per heavy atom. The van der Waals surface area contributed by atoms with Gasteiger partial charge in [0.1, 0.15) is 0 Å². The van der Waals surface area contributed by atoms with Gasteiger partial charge in [0.25, 0.3) is 5.91 Å². The van der Waals surface area contributed by atoms with Crippen molar-refractivity contribution in [3.63, 3.8) is 0 Å². The van der Waals surface area contributed by atoms with Gasteiger partial charge in [0, 0.05) is 31.7 Å². The fourth-order valence-corrected chi connectivity index (χ4v) is 4.36. The summed E-state index contributed by atoms with van der Waals surface area (Å²) in [7, 11) is -3.10. The molecule has 1 aliphatic rings. The van der Waals surface area contributed by atoms with E-state index in [2.05, 4.69) is 15.6 Å². The quantitative estimate of drug-likeness (QED) is 0.351. The predicted molar refractivity (Wildman–Crippen MR) is 124 cm³/mol. The second-order valence-electron chi connectivity index (χ2n) is 7.23. The van der Waals surface area contributed by atoms with E-state index in [1.54, 1.807) is 19.9 Å². The molecule has 1 aliphatic heterocycles. The summed E-state index contributed by atoms with van der Waals surface area (Å²) >= 11 is 0. The van der Waals surface area contributed by atoms with Gasteiger partial charge >= 0.3 is 0 Å². The van der Waals surface area contributed by atoms with E-state index in [-0.39, 0.29) is 35.6 Å². The van der Waals surface area contributed by atoms with Crippen LogP contribution in [-0.2, 0) is 16.4 Å². The number of rotatable bonds is 5. The Labute approximate surface area is 185 Å². The molecule has 7 nitrogen and oxygen atoms in total. The maximum absolute atomic E-state index is 12.2. The zero-order chi connectivity index (χ0) is 20.1. The molecule has 1 aromatic rings. The smallest absolute Gasteiger partial charge is 0.251 e. The highest BCUT2D eigenvalue weighted by Gasteiger charge is 2.40. The molecule has 0 bridgehead atoms. The third-order valence-electron chi connectivity index (χ3n) is 4.62. The standard InChI is InChI=1S/C19H30N4O3S.HI/c1-5-20-17(24)16-9-7-8-15(12-16)13-22-18(21-6-2)23-10-11-27(25,26)19(3,4)14-23;/h7-9,12H,5-6,10-11,13-14H2,1-4H3,(H,20,24)(H,21,22);1H. The van der Waals surface area contributed by atoms with Gasteiger partial charge in [0.15, 0.2) is 15.8 Å². The molecule has 0 saturated carbocycles. The van der Waals surface area contributed by atoms with E-state index in [1.807, 2.05) is 36.9 Å². The first kappa shape index (κ1) is 24.7. The first-order chi connectivity index (χ1) is 12.7. The Balaban J connectivity index is 0.00000392. The molecular formula is C19H31IN4O3S. The number of aliphatic imine (C=N–C) groups is 1. The lowest BCUT2D eigenvalue weighted by molar-refractivity contribution is 0.0955. The maximum Gasteiger partial charge on any atom is 0.251 e. The molecule has 0 unspecified atom stereocenters. The van der Waals surface area contributed by atoms with E-state index in [9.17, 15) is 13.2 Å². The number of nitrogens with one attached hydrogen (secondary N) is 2. The molecule has 28 heavy (non-hydrogen) atoms. The van der Waals surface area contributed by atoms with Crippen LogP contribution in [0.5, 0.6) is 0 Å². The SMILES string of the molecule is CCNC(=O)c1cccc(CN=C(NCC)N2CCS(=O)(=O)C(C)(C)C2)c1.I. The summed E-state index contributed by atoms with van der Waals surface area (Å²) in [6, 6.07) is 7.39. The van der Waals surface area contributed by atoms with Crippen LogP contribution < -0.4 is 10.6 Å². The highest BCUT2D eigenvalue weighted by Crippen LogP contribution is 2.23. The summed E-state index contributed by atoms with van der Waals surface area (Å²) in [5, 5.41) is 6.04. The number of sulfone groups is 1. The van der Waals surface area contributed by atoms with Gasteiger partial charge in [-0.2, -0.15) is 0 Å². The molecule has 0 spiro atoms. The van der Waals surface area contributed by atoms with Gasteiger partial charge in [-0.25, -0.2) is 13.4 Å². The number of halogens is 1. The first-order valence-corrected chi connectivity index (χ1v) is 11.0. The van der Waals surface area contributed by atoms with Crippen molar-refractivity contribution < 1.29 is 13.2 Å². The Kier molecular flexibility index (Phi) is 9.19. The van der Waals surface area contributed by atoms with Gasteiger partial charge in [-0.15, -0.1) is 24.0 Å². The van der Waals surface area contributed by atoms with E-state index in [0.717, 1.165) is 5.56 Å². The minimum absolute atomic E-state index is 0. The number of benzene rings is 1. The van der Waals surface area contributed by atoms with Crippen molar-refractivity contribution >= 4 is 45.7 Å². The number of guanidine groups is 1. The molecule has 2 rings (SSSR count). The average Bonchev–Trinajstić information content (AvgIpc) is 2.61. The molecule has 158 valence electrons. The summed E-state index contributed by atoms with van der Waals surface area (Å²) in [5.41, 5.74) is 1.54. The van der Waals surface area contributed by atoms with Crippen molar-refractivity contribution in [2.24, 2.45) is 4.99 Å². The second kappa shape index (κ2) is 10.4. The Morgan fingerprint density at radius 1 is 1.21 bits per heavy atom. The van der Waals surface area contributed by atoms with Crippen LogP contribution in [-0.4, -0.2) is 61.9 Å². The predicted octanol–water partition coefficient (Wildman–Crippen LogP) is 2.03. The average molecular weight is 522 g/mol. The van der Waals surface area contributed by atoms with Crippen molar-refractivity contribution in [3.05, 3.63) is 35.4 Å². The van der Waals surface area contributed by atoms with Crippen LogP contribution in [0.3, 0.4) is 0 Å². The van der Waals surface area contributed by atoms with Gasteiger partial charge in [0.05, 0.1) is 17.0 Å². The summed E-state index contributed by atoms with van der Waals surface area (Å²) in [6.07, 6.45) is 0. The van der Waals surface area contributed by atoms with Crippen LogP contribution in [0.1, 0.15) is 43.6 Å². The van der Waals surface area contributed by atoms with Crippen molar-refractivity contribution in [2.45, 2.75) is 39.0 Å². The zero-order valence-corrected chi connectivity index (χ0v) is 20.1. The Morgan fingerprint density at radius 3 is 2.50 bits per heavy atom. The third kappa shape index (κ3) is 6.07. The van der Waals surface area contributed by atoms with Gasteiger partial charge in [-0.05, 0) is 45.4 Å². The van der Waals surface area contributed by atoms with Gasteiger partial charge in [-0.3, -0.25) is 4.79 Å². The van der Waals surface area contributed by atoms with Crippen LogP contribution in [0.2, 0.25) is 0 Å². The van der Waals surface area contributed by atoms with Crippen LogP contribution >= 0.6 is 24.0 Å². The second-order valence-corrected chi connectivity index (χ2v) is 9.97. The van der Waals surface area contributed by atoms with Crippen molar-refractivity contribution in [1.29, 1.82) is 0 Å². The Bertz CT molecular complexity index is 809. The van der Waals surface area contributed by atoms with Crippen molar-refractivity contribution in [2.75, 3.05) is 31.9 Å². The minimum atomic E-state index is -3.10. The van der Waals surface area contributed by atoms with E-state index >= 15 is 0 Å². The minimum Gasteiger partial charge on any atom is -0.357 e. The number of hydrogen-bond donors (Lipinski definition) is 2. The van der Waals surface area contributed by atoms with E-state index in [1.165, 1.54) is 0 Å². The topological polar surface area (TPSA) is 90.9 Å². The molecule has 1 saturated heterocycles. The highest BCUT2D eigenvalue weighted by atomic mass is 127. The monoisotopic (exact) mass is 522 g/mol. The van der Waals surface area contributed by atoms with Gasteiger partial charge < -0.3 is 15.5 Å². The Hall–Kier alpha value is -1.36. The lowest BCUT2D eigenvalue weighted by Crippen LogP contribution is -2.57. The molecule has 1 fully saturated rings.